The molecule has 1 saturated carbocycles. The van der Waals surface area contributed by atoms with E-state index in [2.05, 4.69) is 10.3 Å². The number of nitrogens with one attached hydrogen (secondary N) is 1. The second kappa shape index (κ2) is 7.35. The van der Waals surface area contributed by atoms with Crippen LogP contribution in [0.3, 0.4) is 0 Å². The Balaban J connectivity index is 1.20. The van der Waals surface area contributed by atoms with Gasteiger partial charge in [-0.05, 0) is 62.1 Å². The molecule has 0 spiro atoms. The maximum absolute atomic E-state index is 12.8. The molecule has 6 heteroatoms. The minimum Gasteiger partial charge on any atom is -0.440 e. The van der Waals surface area contributed by atoms with Crippen molar-refractivity contribution in [3.8, 4) is 0 Å². The van der Waals surface area contributed by atoms with Gasteiger partial charge in [-0.15, -0.1) is 0 Å². The van der Waals surface area contributed by atoms with Gasteiger partial charge in [-0.3, -0.25) is 9.59 Å². The Morgan fingerprint density at radius 3 is 2.38 bits per heavy atom. The van der Waals surface area contributed by atoms with Crippen molar-refractivity contribution in [1.82, 2.24) is 9.88 Å². The number of nitrogens with zero attached hydrogens (tertiary/aromatic N) is 2. The highest BCUT2D eigenvalue weighted by atomic mass is 16.3. The van der Waals surface area contributed by atoms with Gasteiger partial charge in [0.1, 0.15) is 5.52 Å². The summed E-state index contributed by atoms with van der Waals surface area (Å²) < 4.78 is 5.90. The summed E-state index contributed by atoms with van der Waals surface area (Å²) in [5.41, 5.74) is 3.09. The van der Waals surface area contributed by atoms with Crippen LogP contribution < -0.4 is 5.32 Å². The molecule has 148 valence electrons. The molecule has 29 heavy (non-hydrogen) atoms. The van der Waals surface area contributed by atoms with Gasteiger partial charge in [-0.25, -0.2) is 4.98 Å². The SMILES string of the molecule is O=C(Nc1ccc(C(=O)N2CCC(c3nc4ccccc4o3)CC2)cc1)C1CC1. The third kappa shape index (κ3) is 3.75. The molecule has 2 aliphatic rings. The van der Waals surface area contributed by atoms with Crippen molar-refractivity contribution in [3.63, 3.8) is 0 Å². The zero-order valence-electron chi connectivity index (χ0n) is 16.1. The third-order valence-electron chi connectivity index (χ3n) is 5.79. The molecule has 6 nitrogen and oxygen atoms in total. The Labute approximate surface area is 168 Å². The number of piperidine rings is 1. The second-order valence-electron chi connectivity index (χ2n) is 7.93. The molecule has 0 bridgehead atoms. The van der Waals surface area contributed by atoms with E-state index in [0.29, 0.717) is 18.7 Å². The van der Waals surface area contributed by atoms with E-state index in [-0.39, 0.29) is 23.7 Å². The molecule has 5 rings (SSSR count). The molecule has 1 saturated heterocycles. The summed E-state index contributed by atoms with van der Waals surface area (Å²) in [6.07, 6.45) is 3.63. The number of rotatable bonds is 4. The Morgan fingerprint density at radius 1 is 0.966 bits per heavy atom. The summed E-state index contributed by atoms with van der Waals surface area (Å²) in [5.74, 6) is 1.28. The maximum Gasteiger partial charge on any atom is 0.253 e. The lowest BCUT2D eigenvalue weighted by Crippen LogP contribution is -2.38. The Kier molecular flexibility index (Phi) is 4.54. The molecule has 1 aromatic heterocycles. The van der Waals surface area contributed by atoms with Crippen molar-refractivity contribution in [2.24, 2.45) is 5.92 Å². The van der Waals surface area contributed by atoms with E-state index in [9.17, 15) is 9.59 Å². The van der Waals surface area contributed by atoms with Gasteiger partial charge in [0.2, 0.25) is 5.91 Å². The normalized spacial score (nSPS) is 17.4. The fraction of sp³-hybridized carbons (Fsp3) is 0.348. The fourth-order valence-corrected chi connectivity index (χ4v) is 3.86. The average molecular weight is 389 g/mol. The number of hydrogen-bond donors (Lipinski definition) is 1. The lowest BCUT2D eigenvalue weighted by atomic mass is 9.96. The number of likely N-dealkylation sites (tertiary alicyclic amines) is 1. The molecule has 1 N–H and O–H groups in total. The van der Waals surface area contributed by atoms with Crippen LogP contribution in [0.1, 0.15) is 47.8 Å². The molecule has 0 unspecified atom stereocenters. The van der Waals surface area contributed by atoms with E-state index in [1.54, 1.807) is 24.3 Å². The van der Waals surface area contributed by atoms with E-state index in [1.165, 1.54) is 0 Å². The zero-order valence-corrected chi connectivity index (χ0v) is 16.1. The van der Waals surface area contributed by atoms with Crippen LogP contribution in [0, 0.1) is 5.92 Å². The van der Waals surface area contributed by atoms with Crippen LogP contribution in [0.5, 0.6) is 0 Å². The van der Waals surface area contributed by atoms with Gasteiger partial charge in [0, 0.05) is 36.2 Å². The first-order valence-electron chi connectivity index (χ1n) is 10.2. The molecule has 0 radical (unpaired) electrons. The summed E-state index contributed by atoms with van der Waals surface area (Å²) in [7, 11) is 0. The molecule has 1 aliphatic carbocycles. The molecule has 2 heterocycles. The minimum atomic E-state index is 0.0288. The van der Waals surface area contributed by atoms with Gasteiger partial charge in [0.15, 0.2) is 11.5 Å². The number of oxazole rings is 1. The van der Waals surface area contributed by atoms with Gasteiger partial charge in [-0.2, -0.15) is 0 Å². The lowest BCUT2D eigenvalue weighted by Gasteiger charge is -2.30. The molecule has 2 aromatic carbocycles. The minimum absolute atomic E-state index is 0.0288. The fourth-order valence-electron chi connectivity index (χ4n) is 3.86. The highest BCUT2D eigenvalue weighted by Crippen LogP contribution is 2.31. The molecular formula is C23H23N3O3. The summed E-state index contributed by atoms with van der Waals surface area (Å²) in [4.78, 5) is 31.2. The zero-order chi connectivity index (χ0) is 19.8. The topological polar surface area (TPSA) is 75.4 Å². The number of carbonyl (C=O) groups excluding carboxylic acids is 2. The summed E-state index contributed by atoms with van der Waals surface area (Å²) in [6, 6.07) is 15.0. The van der Waals surface area contributed by atoms with Crippen LogP contribution in [0.4, 0.5) is 5.69 Å². The Hall–Kier alpha value is -3.15. The maximum atomic E-state index is 12.8. The van der Waals surface area contributed by atoms with Gasteiger partial charge < -0.3 is 14.6 Å². The number of fused-ring (bicyclic) bond motifs is 1. The Bertz CT molecular complexity index is 1010. The average Bonchev–Trinajstić information content (AvgIpc) is 3.53. The first-order chi connectivity index (χ1) is 14.2. The first-order valence-corrected chi connectivity index (χ1v) is 10.2. The van der Waals surface area contributed by atoms with Gasteiger partial charge in [0.05, 0.1) is 0 Å². The largest absolute Gasteiger partial charge is 0.440 e. The summed E-state index contributed by atoms with van der Waals surface area (Å²) >= 11 is 0. The predicted molar refractivity (Wildman–Crippen MR) is 110 cm³/mol. The van der Waals surface area contributed by atoms with Crippen molar-refractivity contribution in [2.45, 2.75) is 31.6 Å². The second-order valence-corrected chi connectivity index (χ2v) is 7.93. The van der Waals surface area contributed by atoms with Crippen molar-refractivity contribution in [1.29, 1.82) is 0 Å². The van der Waals surface area contributed by atoms with Crippen molar-refractivity contribution >= 4 is 28.6 Å². The number of amides is 2. The molecule has 2 amide bonds. The van der Waals surface area contributed by atoms with Crippen LogP contribution >= 0.6 is 0 Å². The summed E-state index contributed by atoms with van der Waals surface area (Å²) in [6.45, 7) is 1.37. The molecule has 1 aliphatic heterocycles. The smallest absolute Gasteiger partial charge is 0.253 e. The van der Waals surface area contributed by atoms with Crippen LogP contribution in [-0.2, 0) is 4.79 Å². The van der Waals surface area contributed by atoms with Gasteiger partial charge in [-0.1, -0.05) is 12.1 Å². The highest BCUT2D eigenvalue weighted by molar-refractivity contribution is 5.96. The van der Waals surface area contributed by atoms with E-state index in [4.69, 9.17) is 4.42 Å². The predicted octanol–water partition coefficient (Wildman–Crippen LogP) is 4.20. The first kappa shape index (κ1) is 17.9. The number of aromatic nitrogens is 1. The third-order valence-corrected chi connectivity index (χ3v) is 5.79. The van der Waals surface area contributed by atoms with Crippen molar-refractivity contribution in [3.05, 3.63) is 60.0 Å². The van der Waals surface area contributed by atoms with E-state index >= 15 is 0 Å². The molecular weight excluding hydrogens is 366 g/mol. The van der Waals surface area contributed by atoms with E-state index < -0.39 is 0 Å². The van der Waals surface area contributed by atoms with Crippen LogP contribution in [-0.4, -0.2) is 34.8 Å². The molecule has 0 atom stereocenters. The number of para-hydroxylation sites is 2. The number of carbonyl (C=O) groups is 2. The van der Waals surface area contributed by atoms with Crippen molar-refractivity contribution in [2.75, 3.05) is 18.4 Å². The monoisotopic (exact) mass is 389 g/mol. The van der Waals surface area contributed by atoms with Gasteiger partial charge >= 0.3 is 0 Å². The highest BCUT2D eigenvalue weighted by Gasteiger charge is 2.30. The van der Waals surface area contributed by atoms with E-state index in [1.807, 2.05) is 29.2 Å². The summed E-state index contributed by atoms with van der Waals surface area (Å²) in [5, 5.41) is 2.90. The number of hydrogen-bond acceptors (Lipinski definition) is 4. The Morgan fingerprint density at radius 2 is 1.69 bits per heavy atom. The van der Waals surface area contributed by atoms with Crippen LogP contribution in [0.2, 0.25) is 0 Å². The molecule has 3 aromatic rings. The van der Waals surface area contributed by atoms with Crippen LogP contribution in [0.25, 0.3) is 11.1 Å². The quantitative estimate of drug-likeness (QED) is 0.726. The van der Waals surface area contributed by atoms with Crippen molar-refractivity contribution < 1.29 is 14.0 Å². The van der Waals surface area contributed by atoms with E-state index in [0.717, 1.165) is 48.4 Å². The lowest BCUT2D eigenvalue weighted by molar-refractivity contribution is -0.117. The standard InChI is InChI=1S/C23H23N3O3/c27-21(15-5-6-15)24-18-9-7-17(8-10-18)23(28)26-13-11-16(12-14-26)22-25-19-3-1-2-4-20(19)29-22/h1-4,7-10,15-16H,5-6,11-14H2,(H,24,27). The molecule has 2 fully saturated rings. The van der Waals surface area contributed by atoms with Gasteiger partial charge in [0.25, 0.3) is 5.91 Å². The number of benzene rings is 2. The van der Waals surface area contributed by atoms with Crippen LogP contribution in [0.15, 0.2) is 52.9 Å². The number of anilines is 1.